The van der Waals surface area contributed by atoms with Gasteiger partial charge in [-0.1, -0.05) is 23.8 Å². The number of amides is 1. The highest BCUT2D eigenvalue weighted by Gasteiger charge is 2.34. The van der Waals surface area contributed by atoms with Crippen molar-refractivity contribution in [2.75, 3.05) is 23.8 Å². The molecule has 2 N–H and O–H groups in total. The molecule has 1 atom stereocenters. The highest BCUT2D eigenvalue weighted by molar-refractivity contribution is 6.06. The van der Waals surface area contributed by atoms with E-state index >= 15 is 0 Å². The molecule has 8 nitrogen and oxygen atoms in total. The third-order valence-electron chi connectivity index (χ3n) is 5.39. The predicted octanol–water partition coefficient (Wildman–Crippen LogP) is 3.59. The van der Waals surface area contributed by atoms with E-state index in [0.29, 0.717) is 42.1 Å². The Morgan fingerprint density at radius 3 is 2.58 bits per heavy atom. The Morgan fingerprint density at radius 1 is 1.06 bits per heavy atom. The monoisotopic (exact) mass is 417 g/mol. The molecule has 5 rings (SSSR count). The van der Waals surface area contributed by atoms with Crippen molar-refractivity contribution < 1.29 is 14.3 Å². The highest BCUT2D eigenvalue weighted by Crippen LogP contribution is 2.39. The fourth-order valence-corrected chi connectivity index (χ4v) is 3.93. The lowest BCUT2D eigenvalue weighted by Crippen LogP contribution is -2.31. The van der Waals surface area contributed by atoms with Crippen molar-refractivity contribution in [2.24, 2.45) is 0 Å². The smallest absolute Gasteiger partial charge is 0.255 e. The standard InChI is InChI=1S/C23H23N5O3/c1-13-4-7-17(8-5-13)26-22(29)20-14(2)24-23-25-15(3)27-28(23)21(20)16-6-9-18-19(12-16)31-11-10-30-18/h4-9,12,21H,10-11H2,1-3H3,(H,26,29)(H,24,25,27). The van der Waals surface area contributed by atoms with Crippen molar-refractivity contribution in [2.45, 2.75) is 26.8 Å². The molecular formula is C23H23N5O3. The quantitative estimate of drug-likeness (QED) is 0.677. The average molecular weight is 417 g/mol. The molecule has 8 heteroatoms. The first-order valence-electron chi connectivity index (χ1n) is 10.2. The van der Waals surface area contributed by atoms with Gasteiger partial charge in [-0.3, -0.25) is 4.79 Å². The number of allylic oxidation sites excluding steroid dienone is 1. The molecule has 3 aromatic rings. The van der Waals surface area contributed by atoms with Crippen molar-refractivity contribution >= 4 is 17.5 Å². The topological polar surface area (TPSA) is 90.3 Å². The van der Waals surface area contributed by atoms with Crippen LogP contribution in [0.3, 0.4) is 0 Å². The fraction of sp³-hybridized carbons (Fsp3) is 0.261. The summed E-state index contributed by atoms with van der Waals surface area (Å²) in [5.41, 5.74) is 4.02. The number of ether oxygens (including phenoxy) is 2. The van der Waals surface area contributed by atoms with E-state index in [0.717, 1.165) is 22.5 Å². The number of carbonyl (C=O) groups excluding carboxylic acids is 1. The summed E-state index contributed by atoms with van der Waals surface area (Å²) in [5.74, 6) is 2.38. The van der Waals surface area contributed by atoms with Crippen molar-refractivity contribution in [3.63, 3.8) is 0 Å². The van der Waals surface area contributed by atoms with Crippen molar-refractivity contribution in [1.82, 2.24) is 14.8 Å². The Labute approximate surface area is 179 Å². The number of carbonyl (C=O) groups is 1. The molecule has 158 valence electrons. The summed E-state index contributed by atoms with van der Waals surface area (Å²) in [6.07, 6.45) is 0. The lowest BCUT2D eigenvalue weighted by molar-refractivity contribution is -0.113. The molecule has 2 aliphatic rings. The van der Waals surface area contributed by atoms with Crippen LogP contribution in [0.4, 0.5) is 11.6 Å². The van der Waals surface area contributed by atoms with Crippen LogP contribution in [-0.4, -0.2) is 33.9 Å². The number of rotatable bonds is 3. The summed E-state index contributed by atoms with van der Waals surface area (Å²) in [6.45, 7) is 6.73. The van der Waals surface area contributed by atoms with E-state index in [2.05, 4.69) is 20.7 Å². The Hall–Kier alpha value is -3.81. The van der Waals surface area contributed by atoms with E-state index in [1.165, 1.54) is 0 Å². The first-order chi connectivity index (χ1) is 15.0. The lowest BCUT2D eigenvalue weighted by atomic mass is 9.94. The van der Waals surface area contributed by atoms with Gasteiger partial charge in [-0.2, -0.15) is 10.1 Å². The van der Waals surface area contributed by atoms with Gasteiger partial charge < -0.3 is 20.1 Å². The molecule has 0 saturated heterocycles. The summed E-state index contributed by atoms with van der Waals surface area (Å²) in [7, 11) is 0. The van der Waals surface area contributed by atoms with Gasteiger partial charge >= 0.3 is 0 Å². The predicted molar refractivity (Wildman–Crippen MR) is 116 cm³/mol. The van der Waals surface area contributed by atoms with Crippen LogP contribution < -0.4 is 20.1 Å². The van der Waals surface area contributed by atoms with Gasteiger partial charge in [0.05, 0.1) is 5.57 Å². The minimum Gasteiger partial charge on any atom is -0.486 e. The van der Waals surface area contributed by atoms with Crippen LogP contribution in [-0.2, 0) is 4.79 Å². The molecule has 0 bridgehead atoms. The number of aromatic nitrogens is 3. The molecule has 31 heavy (non-hydrogen) atoms. The number of fused-ring (bicyclic) bond motifs is 2. The number of nitrogens with one attached hydrogen (secondary N) is 2. The third-order valence-corrected chi connectivity index (χ3v) is 5.39. The maximum atomic E-state index is 13.4. The van der Waals surface area contributed by atoms with Crippen LogP contribution in [0.5, 0.6) is 11.5 Å². The fourth-order valence-electron chi connectivity index (χ4n) is 3.93. The third kappa shape index (κ3) is 3.50. The van der Waals surface area contributed by atoms with Gasteiger partial charge in [-0.05, 0) is 50.6 Å². The van der Waals surface area contributed by atoms with Crippen LogP contribution in [0.1, 0.15) is 29.9 Å². The van der Waals surface area contributed by atoms with Crippen molar-refractivity contribution in [3.05, 3.63) is 70.7 Å². The first kappa shape index (κ1) is 19.2. The molecule has 0 aliphatic carbocycles. The SMILES string of the molecule is CC1=C(C(=O)Nc2ccc(C)cc2)C(c2ccc3c(c2)OCCO3)n2nc(C)nc2N1. The average Bonchev–Trinajstić information content (AvgIpc) is 3.13. The van der Waals surface area contributed by atoms with E-state index in [1.54, 1.807) is 4.68 Å². The number of anilines is 2. The zero-order chi connectivity index (χ0) is 21.5. The van der Waals surface area contributed by atoms with Gasteiger partial charge in [0.15, 0.2) is 11.5 Å². The molecule has 2 aromatic carbocycles. The normalized spacial score (nSPS) is 17.1. The Balaban J connectivity index is 1.58. The summed E-state index contributed by atoms with van der Waals surface area (Å²) in [4.78, 5) is 17.9. The van der Waals surface area contributed by atoms with Gasteiger partial charge in [0.1, 0.15) is 25.1 Å². The maximum absolute atomic E-state index is 13.4. The second kappa shape index (κ2) is 7.46. The zero-order valence-corrected chi connectivity index (χ0v) is 17.6. The van der Waals surface area contributed by atoms with Crippen molar-refractivity contribution in [3.8, 4) is 11.5 Å². The van der Waals surface area contributed by atoms with Gasteiger partial charge in [0.25, 0.3) is 5.91 Å². The summed E-state index contributed by atoms with van der Waals surface area (Å²) in [5, 5.41) is 10.8. The number of nitrogens with zero attached hydrogens (tertiary/aromatic N) is 3. The molecular weight excluding hydrogens is 394 g/mol. The molecule has 0 fully saturated rings. The maximum Gasteiger partial charge on any atom is 0.255 e. The molecule has 0 saturated carbocycles. The van der Waals surface area contributed by atoms with Crippen LogP contribution in [0.15, 0.2) is 53.7 Å². The largest absolute Gasteiger partial charge is 0.486 e. The first-order valence-corrected chi connectivity index (χ1v) is 10.2. The molecule has 1 amide bonds. The van der Waals surface area contributed by atoms with Gasteiger partial charge in [-0.25, -0.2) is 4.68 Å². The van der Waals surface area contributed by atoms with Crippen LogP contribution in [0.2, 0.25) is 0 Å². The Kier molecular flexibility index (Phi) is 4.62. The number of benzene rings is 2. The van der Waals surface area contributed by atoms with Gasteiger partial charge in [0, 0.05) is 11.4 Å². The number of hydrogen-bond donors (Lipinski definition) is 2. The highest BCUT2D eigenvalue weighted by atomic mass is 16.6. The minimum absolute atomic E-state index is 0.201. The Morgan fingerprint density at radius 2 is 1.81 bits per heavy atom. The second-order valence-corrected chi connectivity index (χ2v) is 7.72. The summed E-state index contributed by atoms with van der Waals surface area (Å²) in [6, 6.07) is 13.0. The minimum atomic E-state index is -0.460. The zero-order valence-electron chi connectivity index (χ0n) is 17.6. The van der Waals surface area contributed by atoms with Crippen molar-refractivity contribution in [1.29, 1.82) is 0 Å². The van der Waals surface area contributed by atoms with Crippen LogP contribution >= 0.6 is 0 Å². The summed E-state index contributed by atoms with van der Waals surface area (Å²) >= 11 is 0. The molecule has 1 unspecified atom stereocenters. The molecule has 3 heterocycles. The molecule has 2 aliphatic heterocycles. The number of hydrogen-bond acceptors (Lipinski definition) is 6. The number of aryl methyl sites for hydroxylation is 2. The molecule has 0 radical (unpaired) electrons. The second-order valence-electron chi connectivity index (χ2n) is 7.72. The van der Waals surface area contributed by atoms with Crippen LogP contribution in [0.25, 0.3) is 0 Å². The van der Waals surface area contributed by atoms with E-state index in [1.807, 2.05) is 63.2 Å². The van der Waals surface area contributed by atoms with E-state index in [-0.39, 0.29) is 5.91 Å². The van der Waals surface area contributed by atoms with Gasteiger partial charge in [0.2, 0.25) is 5.95 Å². The van der Waals surface area contributed by atoms with Crippen LogP contribution in [0, 0.1) is 13.8 Å². The lowest BCUT2D eigenvalue weighted by Gasteiger charge is -2.29. The van der Waals surface area contributed by atoms with E-state index in [9.17, 15) is 4.79 Å². The summed E-state index contributed by atoms with van der Waals surface area (Å²) < 4.78 is 13.2. The molecule has 1 aromatic heterocycles. The van der Waals surface area contributed by atoms with E-state index in [4.69, 9.17) is 9.47 Å². The molecule has 0 spiro atoms. The van der Waals surface area contributed by atoms with E-state index < -0.39 is 6.04 Å². The Bertz CT molecular complexity index is 1200. The van der Waals surface area contributed by atoms with Gasteiger partial charge in [-0.15, -0.1) is 0 Å².